The van der Waals surface area contributed by atoms with E-state index in [-0.39, 0.29) is 23.3 Å². The van der Waals surface area contributed by atoms with Gasteiger partial charge in [-0.2, -0.15) is 4.31 Å². The lowest BCUT2D eigenvalue weighted by Crippen LogP contribution is -2.40. The maximum atomic E-state index is 13.1. The summed E-state index contributed by atoms with van der Waals surface area (Å²) in [5.74, 6) is -0.589. The van der Waals surface area contributed by atoms with Gasteiger partial charge in [-0.05, 0) is 57.4 Å². The van der Waals surface area contributed by atoms with Crippen molar-refractivity contribution in [2.24, 2.45) is 0 Å². The van der Waals surface area contributed by atoms with Crippen molar-refractivity contribution in [2.45, 2.75) is 43.9 Å². The van der Waals surface area contributed by atoms with E-state index in [1.165, 1.54) is 26.6 Å². The molecule has 0 atom stereocenters. The summed E-state index contributed by atoms with van der Waals surface area (Å²) in [4.78, 5) is 31.4. The molecule has 0 radical (unpaired) electrons. The van der Waals surface area contributed by atoms with Gasteiger partial charge in [0.2, 0.25) is 21.8 Å². The van der Waals surface area contributed by atoms with Crippen LogP contribution in [0.25, 0.3) is 0 Å². The fraction of sp³-hybridized carbons (Fsp3) is 0.450. The molecule has 30 heavy (non-hydrogen) atoms. The Kier molecular flexibility index (Phi) is 5.19. The molecule has 0 spiro atoms. The van der Waals surface area contributed by atoms with Gasteiger partial charge < -0.3 is 10.2 Å². The lowest BCUT2D eigenvalue weighted by molar-refractivity contribution is -0.124. The molecule has 0 aliphatic carbocycles. The predicted octanol–water partition coefficient (Wildman–Crippen LogP) is 2.50. The minimum atomic E-state index is -3.59. The zero-order valence-electron chi connectivity index (χ0n) is 17.1. The maximum absolute atomic E-state index is 13.1. The zero-order valence-corrected chi connectivity index (χ0v) is 18.8. The van der Waals surface area contributed by atoms with Crippen LogP contribution in [0.5, 0.6) is 0 Å². The highest BCUT2D eigenvalue weighted by Crippen LogP contribution is 2.43. The molecule has 8 nitrogen and oxygen atoms in total. The SMILES string of the molecule is Cc1csc(NC(=O)CN2C(=O)C(C)(C)c3cc(S(=O)(=O)N4CCCC4)ccc32)n1. The lowest BCUT2D eigenvalue weighted by atomic mass is 9.86. The van der Waals surface area contributed by atoms with Crippen molar-refractivity contribution in [3.63, 3.8) is 0 Å². The van der Waals surface area contributed by atoms with Crippen molar-refractivity contribution in [2.75, 3.05) is 29.9 Å². The molecule has 1 aromatic carbocycles. The van der Waals surface area contributed by atoms with Crippen LogP contribution in [0.15, 0.2) is 28.5 Å². The predicted molar refractivity (Wildman–Crippen MR) is 115 cm³/mol. The van der Waals surface area contributed by atoms with Gasteiger partial charge in [0.25, 0.3) is 0 Å². The van der Waals surface area contributed by atoms with Crippen LogP contribution >= 0.6 is 11.3 Å². The maximum Gasteiger partial charge on any atom is 0.246 e. The number of rotatable bonds is 5. The quantitative estimate of drug-likeness (QED) is 0.758. The van der Waals surface area contributed by atoms with Crippen LogP contribution in [-0.2, 0) is 25.0 Å². The number of hydrogen-bond acceptors (Lipinski definition) is 6. The second-order valence-corrected chi connectivity index (χ2v) is 10.9. The molecular weight excluding hydrogens is 424 g/mol. The highest BCUT2D eigenvalue weighted by molar-refractivity contribution is 7.89. The lowest BCUT2D eigenvalue weighted by Gasteiger charge is -2.19. The number of amides is 2. The Morgan fingerprint density at radius 1 is 1.27 bits per heavy atom. The van der Waals surface area contributed by atoms with Gasteiger partial charge in [0.15, 0.2) is 5.13 Å². The van der Waals surface area contributed by atoms with E-state index in [1.54, 1.807) is 26.0 Å². The van der Waals surface area contributed by atoms with Crippen LogP contribution in [0.4, 0.5) is 10.8 Å². The van der Waals surface area contributed by atoms with Crippen molar-refractivity contribution in [1.82, 2.24) is 9.29 Å². The van der Waals surface area contributed by atoms with Crippen LogP contribution in [-0.4, -0.2) is 49.2 Å². The number of aryl methyl sites for hydroxylation is 1. The average Bonchev–Trinajstić information content (AvgIpc) is 3.40. The molecule has 1 fully saturated rings. The monoisotopic (exact) mass is 448 g/mol. The zero-order chi connectivity index (χ0) is 21.7. The normalized spacial score (nSPS) is 18.6. The Morgan fingerprint density at radius 3 is 2.60 bits per heavy atom. The number of benzene rings is 1. The van der Waals surface area contributed by atoms with E-state index in [4.69, 9.17) is 0 Å². The fourth-order valence-corrected chi connectivity index (χ4v) is 6.17. The second-order valence-electron chi connectivity index (χ2n) is 8.15. The van der Waals surface area contributed by atoms with Crippen LogP contribution < -0.4 is 10.2 Å². The first kappa shape index (κ1) is 21.0. The molecule has 0 saturated carbocycles. The van der Waals surface area contributed by atoms with E-state index < -0.39 is 15.4 Å². The highest BCUT2D eigenvalue weighted by Gasteiger charge is 2.45. The minimum Gasteiger partial charge on any atom is -0.302 e. The molecule has 2 aliphatic rings. The number of thiazole rings is 1. The van der Waals surface area contributed by atoms with Crippen molar-refractivity contribution in [1.29, 1.82) is 0 Å². The summed E-state index contributed by atoms with van der Waals surface area (Å²) in [5, 5.41) is 5.03. The third kappa shape index (κ3) is 3.52. The number of anilines is 2. The molecule has 2 aromatic rings. The number of nitrogens with one attached hydrogen (secondary N) is 1. The Hall–Kier alpha value is -2.30. The van der Waals surface area contributed by atoms with Crippen molar-refractivity contribution < 1.29 is 18.0 Å². The summed E-state index contributed by atoms with van der Waals surface area (Å²) in [5.41, 5.74) is 1.07. The largest absolute Gasteiger partial charge is 0.302 e. The second kappa shape index (κ2) is 7.44. The molecule has 1 saturated heterocycles. The number of carbonyl (C=O) groups excluding carboxylic acids is 2. The van der Waals surface area contributed by atoms with E-state index in [0.29, 0.717) is 29.5 Å². The molecule has 1 aromatic heterocycles. The van der Waals surface area contributed by atoms with Crippen LogP contribution in [0.1, 0.15) is 37.9 Å². The molecule has 160 valence electrons. The first-order chi connectivity index (χ1) is 14.1. The van der Waals surface area contributed by atoms with E-state index in [2.05, 4.69) is 10.3 Å². The first-order valence-electron chi connectivity index (χ1n) is 9.79. The van der Waals surface area contributed by atoms with E-state index in [9.17, 15) is 18.0 Å². The van der Waals surface area contributed by atoms with Crippen LogP contribution in [0.2, 0.25) is 0 Å². The van der Waals surface area contributed by atoms with Gasteiger partial charge in [-0.3, -0.25) is 9.59 Å². The molecule has 0 unspecified atom stereocenters. The Balaban J connectivity index is 1.62. The standard InChI is InChI=1S/C20H24N4O4S2/c1-13-12-29-19(21-13)22-17(25)11-24-16-7-6-14(10-15(16)20(2,3)18(24)26)30(27,28)23-8-4-5-9-23/h6-7,10,12H,4-5,8-9,11H2,1-3H3,(H,21,22,25). The van der Waals surface area contributed by atoms with Crippen molar-refractivity contribution in [3.8, 4) is 0 Å². The van der Waals surface area contributed by atoms with Gasteiger partial charge in [0.05, 0.1) is 16.0 Å². The minimum absolute atomic E-state index is 0.161. The molecule has 2 aliphatic heterocycles. The molecule has 2 amide bonds. The van der Waals surface area contributed by atoms with Gasteiger partial charge in [0, 0.05) is 24.2 Å². The van der Waals surface area contributed by atoms with Crippen LogP contribution in [0, 0.1) is 6.92 Å². The summed E-state index contributed by atoms with van der Waals surface area (Å²) in [7, 11) is -3.59. The number of fused-ring (bicyclic) bond motifs is 1. The molecule has 4 rings (SSSR count). The summed E-state index contributed by atoms with van der Waals surface area (Å²) in [6, 6.07) is 4.74. The van der Waals surface area contributed by atoms with E-state index >= 15 is 0 Å². The van der Waals surface area contributed by atoms with Gasteiger partial charge in [0.1, 0.15) is 6.54 Å². The topological polar surface area (TPSA) is 99.7 Å². The fourth-order valence-electron chi connectivity index (χ4n) is 3.92. The summed E-state index contributed by atoms with van der Waals surface area (Å²) in [6.45, 7) is 6.22. The summed E-state index contributed by atoms with van der Waals surface area (Å²) < 4.78 is 27.4. The summed E-state index contributed by atoms with van der Waals surface area (Å²) >= 11 is 1.32. The molecule has 10 heteroatoms. The van der Waals surface area contributed by atoms with E-state index in [1.807, 2.05) is 12.3 Å². The van der Waals surface area contributed by atoms with Crippen molar-refractivity contribution >= 4 is 44.0 Å². The number of nitrogens with zero attached hydrogens (tertiary/aromatic N) is 3. The Bertz CT molecular complexity index is 1120. The summed E-state index contributed by atoms with van der Waals surface area (Å²) in [6.07, 6.45) is 1.71. The Morgan fingerprint density at radius 2 is 1.97 bits per heavy atom. The smallest absolute Gasteiger partial charge is 0.246 e. The molecule has 3 heterocycles. The van der Waals surface area contributed by atoms with Gasteiger partial charge in [-0.1, -0.05) is 0 Å². The van der Waals surface area contributed by atoms with E-state index in [0.717, 1.165) is 18.5 Å². The average molecular weight is 449 g/mol. The van der Waals surface area contributed by atoms with Crippen LogP contribution in [0.3, 0.4) is 0 Å². The third-order valence-electron chi connectivity index (χ3n) is 5.58. The Labute approximate surface area is 180 Å². The highest BCUT2D eigenvalue weighted by atomic mass is 32.2. The van der Waals surface area contributed by atoms with Gasteiger partial charge in [-0.25, -0.2) is 13.4 Å². The third-order valence-corrected chi connectivity index (χ3v) is 8.35. The first-order valence-corrected chi connectivity index (χ1v) is 12.1. The number of hydrogen-bond donors (Lipinski definition) is 1. The molecular formula is C20H24N4O4S2. The van der Waals surface area contributed by atoms with Gasteiger partial charge in [-0.15, -0.1) is 11.3 Å². The number of sulfonamides is 1. The molecule has 1 N–H and O–H groups in total. The number of aromatic nitrogens is 1. The van der Waals surface area contributed by atoms with Crippen molar-refractivity contribution in [3.05, 3.63) is 34.8 Å². The number of carbonyl (C=O) groups is 2. The van der Waals surface area contributed by atoms with Gasteiger partial charge >= 0.3 is 0 Å². The molecule has 0 bridgehead atoms.